The average Bonchev–Trinajstić information content (AvgIpc) is 2.95. The van der Waals surface area contributed by atoms with Gasteiger partial charge in [0.05, 0.1) is 6.54 Å². The lowest BCUT2D eigenvalue weighted by atomic mass is 10.1. The second kappa shape index (κ2) is 4.41. The fraction of sp³-hybridized carbons (Fsp3) is 0.333. The number of nitrogens with one attached hydrogen (secondary N) is 2. The number of para-hydroxylation sites is 1. The zero-order valence-corrected chi connectivity index (χ0v) is 11.0. The fourth-order valence-corrected chi connectivity index (χ4v) is 2.64. The van der Waals surface area contributed by atoms with Crippen molar-refractivity contribution >= 4 is 5.69 Å². The summed E-state index contributed by atoms with van der Waals surface area (Å²) in [4.78, 5) is 0. The van der Waals surface area contributed by atoms with Gasteiger partial charge in [-0.2, -0.15) is 0 Å². The minimum Gasteiger partial charge on any atom is -0.384 e. The molecule has 0 unspecified atom stereocenters. The Labute approximate surface area is 108 Å². The van der Waals surface area contributed by atoms with Crippen molar-refractivity contribution in [2.45, 2.75) is 26.8 Å². The standard InChI is InChI=1S/C15H19N3/c1-11-6-7-12(2)18(11)17-10-14-5-3-4-13-8-9-16-15(13)14/h3-7,16-17H,8-10H2,1-2H3. The van der Waals surface area contributed by atoms with Crippen LogP contribution in [0, 0.1) is 13.8 Å². The minimum atomic E-state index is 0.854. The van der Waals surface area contributed by atoms with Crippen molar-refractivity contribution in [3.63, 3.8) is 0 Å². The summed E-state index contributed by atoms with van der Waals surface area (Å²) in [5, 5.41) is 3.48. The molecule has 3 nitrogen and oxygen atoms in total. The van der Waals surface area contributed by atoms with E-state index >= 15 is 0 Å². The van der Waals surface area contributed by atoms with Gasteiger partial charge in [0, 0.05) is 23.6 Å². The van der Waals surface area contributed by atoms with Crippen LogP contribution in [0.2, 0.25) is 0 Å². The van der Waals surface area contributed by atoms with Gasteiger partial charge >= 0.3 is 0 Å². The van der Waals surface area contributed by atoms with E-state index in [0.717, 1.165) is 19.5 Å². The lowest BCUT2D eigenvalue weighted by molar-refractivity contribution is 0.793. The van der Waals surface area contributed by atoms with Gasteiger partial charge in [0.1, 0.15) is 0 Å². The van der Waals surface area contributed by atoms with Gasteiger partial charge in [0.2, 0.25) is 0 Å². The van der Waals surface area contributed by atoms with Crippen molar-refractivity contribution in [3.05, 3.63) is 52.8 Å². The zero-order chi connectivity index (χ0) is 12.5. The number of hydrogen-bond donors (Lipinski definition) is 2. The number of aromatic nitrogens is 1. The molecule has 0 radical (unpaired) electrons. The maximum absolute atomic E-state index is 3.48. The van der Waals surface area contributed by atoms with Crippen LogP contribution in [0.1, 0.15) is 22.5 Å². The van der Waals surface area contributed by atoms with Crippen molar-refractivity contribution in [2.75, 3.05) is 17.3 Å². The first kappa shape index (κ1) is 11.2. The largest absolute Gasteiger partial charge is 0.384 e. The Kier molecular flexibility index (Phi) is 2.74. The van der Waals surface area contributed by atoms with Crippen LogP contribution in [-0.2, 0) is 13.0 Å². The fourth-order valence-electron chi connectivity index (χ4n) is 2.64. The van der Waals surface area contributed by atoms with Gasteiger partial charge < -0.3 is 10.7 Å². The van der Waals surface area contributed by atoms with Crippen LogP contribution in [0.3, 0.4) is 0 Å². The number of anilines is 1. The van der Waals surface area contributed by atoms with Crippen LogP contribution in [-0.4, -0.2) is 11.2 Å². The maximum atomic E-state index is 3.48. The van der Waals surface area contributed by atoms with Crippen LogP contribution < -0.4 is 10.7 Å². The molecule has 3 heteroatoms. The number of rotatable bonds is 3. The SMILES string of the molecule is Cc1ccc(C)n1NCc1cccc2c1NCC2. The molecule has 1 aromatic carbocycles. The molecule has 0 aliphatic carbocycles. The van der Waals surface area contributed by atoms with Gasteiger partial charge in [-0.05, 0) is 43.5 Å². The number of nitrogens with zero attached hydrogens (tertiary/aromatic N) is 1. The Morgan fingerprint density at radius 3 is 2.72 bits per heavy atom. The van der Waals surface area contributed by atoms with Crippen molar-refractivity contribution in [2.24, 2.45) is 0 Å². The lowest BCUT2D eigenvalue weighted by Crippen LogP contribution is -2.17. The highest BCUT2D eigenvalue weighted by Gasteiger charge is 2.13. The molecule has 0 saturated carbocycles. The normalized spacial score (nSPS) is 13.2. The molecule has 0 atom stereocenters. The molecule has 3 rings (SSSR count). The van der Waals surface area contributed by atoms with Crippen LogP contribution in [0.5, 0.6) is 0 Å². The first-order valence-corrected chi connectivity index (χ1v) is 6.49. The Balaban J connectivity index is 1.80. The third-order valence-corrected chi connectivity index (χ3v) is 3.63. The van der Waals surface area contributed by atoms with Crippen LogP contribution in [0.25, 0.3) is 0 Å². The highest BCUT2D eigenvalue weighted by molar-refractivity contribution is 5.61. The van der Waals surface area contributed by atoms with Crippen LogP contribution in [0.15, 0.2) is 30.3 Å². The molecule has 18 heavy (non-hydrogen) atoms. The first-order chi connectivity index (χ1) is 8.75. The molecule has 0 saturated heterocycles. The second-order valence-electron chi connectivity index (χ2n) is 4.91. The van der Waals surface area contributed by atoms with E-state index in [9.17, 15) is 0 Å². The molecular weight excluding hydrogens is 222 g/mol. The van der Waals surface area contributed by atoms with E-state index in [1.807, 2.05) is 0 Å². The summed E-state index contributed by atoms with van der Waals surface area (Å²) in [6.07, 6.45) is 1.14. The van der Waals surface area contributed by atoms with Gasteiger partial charge in [-0.1, -0.05) is 18.2 Å². The molecule has 0 bridgehead atoms. The molecule has 0 amide bonds. The van der Waals surface area contributed by atoms with Crippen molar-refractivity contribution in [3.8, 4) is 0 Å². The van der Waals surface area contributed by atoms with E-state index < -0.39 is 0 Å². The van der Waals surface area contributed by atoms with Gasteiger partial charge in [-0.25, -0.2) is 0 Å². The zero-order valence-electron chi connectivity index (χ0n) is 11.0. The molecule has 2 aromatic rings. The molecule has 94 valence electrons. The number of aryl methyl sites for hydroxylation is 2. The smallest absolute Gasteiger partial charge is 0.0584 e. The molecule has 1 aliphatic rings. The minimum absolute atomic E-state index is 0.854. The topological polar surface area (TPSA) is 29.0 Å². The third-order valence-electron chi connectivity index (χ3n) is 3.63. The van der Waals surface area contributed by atoms with E-state index in [-0.39, 0.29) is 0 Å². The molecule has 1 aromatic heterocycles. The van der Waals surface area contributed by atoms with E-state index in [2.05, 4.69) is 59.6 Å². The average molecular weight is 241 g/mol. The lowest BCUT2D eigenvalue weighted by Gasteiger charge is -2.15. The van der Waals surface area contributed by atoms with Crippen molar-refractivity contribution in [1.82, 2.24) is 4.68 Å². The molecule has 1 aliphatic heterocycles. The van der Waals surface area contributed by atoms with E-state index in [4.69, 9.17) is 0 Å². The van der Waals surface area contributed by atoms with Crippen LogP contribution >= 0.6 is 0 Å². The summed E-state index contributed by atoms with van der Waals surface area (Å²) in [5.41, 5.74) is 10.1. The second-order valence-corrected chi connectivity index (χ2v) is 4.91. The van der Waals surface area contributed by atoms with Gasteiger partial charge in [-0.3, -0.25) is 4.68 Å². The van der Waals surface area contributed by atoms with Crippen molar-refractivity contribution < 1.29 is 0 Å². The number of hydrogen-bond acceptors (Lipinski definition) is 2. The molecular formula is C15H19N3. The highest BCUT2D eigenvalue weighted by atomic mass is 15.4. The summed E-state index contributed by atoms with van der Waals surface area (Å²) in [6.45, 7) is 6.15. The highest BCUT2D eigenvalue weighted by Crippen LogP contribution is 2.26. The Bertz CT molecular complexity index is 550. The number of benzene rings is 1. The van der Waals surface area contributed by atoms with E-state index in [1.165, 1.54) is 28.2 Å². The summed E-state index contributed by atoms with van der Waals surface area (Å²) in [7, 11) is 0. The summed E-state index contributed by atoms with van der Waals surface area (Å²) in [5.74, 6) is 0. The maximum Gasteiger partial charge on any atom is 0.0584 e. The predicted molar refractivity (Wildman–Crippen MR) is 75.6 cm³/mol. The summed E-state index contributed by atoms with van der Waals surface area (Å²) < 4.78 is 2.15. The Morgan fingerprint density at radius 1 is 1.17 bits per heavy atom. The quantitative estimate of drug-likeness (QED) is 0.865. The Hall–Kier alpha value is -1.90. The molecule has 0 fully saturated rings. The van der Waals surface area contributed by atoms with Gasteiger partial charge in [0.15, 0.2) is 0 Å². The molecule has 0 spiro atoms. The van der Waals surface area contributed by atoms with E-state index in [0.29, 0.717) is 0 Å². The summed E-state index contributed by atoms with van der Waals surface area (Å²) >= 11 is 0. The third kappa shape index (κ3) is 1.86. The Morgan fingerprint density at radius 2 is 1.94 bits per heavy atom. The monoisotopic (exact) mass is 241 g/mol. The number of fused-ring (bicyclic) bond motifs is 1. The van der Waals surface area contributed by atoms with Crippen molar-refractivity contribution in [1.29, 1.82) is 0 Å². The van der Waals surface area contributed by atoms with E-state index in [1.54, 1.807) is 0 Å². The predicted octanol–water partition coefficient (Wildman–Crippen LogP) is 2.82. The van der Waals surface area contributed by atoms with Crippen LogP contribution in [0.4, 0.5) is 5.69 Å². The first-order valence-electron chi connectivity index (χ1n) is 6.49. The molecule has 2 heterocycles. The molecule has 2 N–H and O–H groups in total. The summed E-state index contributed by atoms with van der Waals surface area (Å²) in [6, 6.07) is 10.8. The van der Waals surface area contributed by atoms with Gasteiger partial charge in [0.25, 0.3) is 0 Å². The van der Waals surface area contributed by atoms with Gasteiger partial charge in [-0.15, -0.1) is 0 Å².